The molecule has 190 valence electrons. The Hall–Kier alpha value is -4.26. The number of hydrogen-bond acceptors (Lipinski definition) is 5. The highest BCUT2D eigenvalue weighted by Crippen LogP contribution is 2.30. The van der Waals surface area contributed by atoms with Crippen molar-refractivity contribution in [1.82, 2.24) is 14.7 Å². The lowest BCUT2D eigenvalue weighted by atomic mass is 10.1. The van der Waals surface area contributed by atoms with Gasteiger partial charge in [-0.25, -0.2) is 0 Å². The number of hydrogen-bond donors (Lipinski definition) is 0. The molecule has 37 heavy (non-hydrogen) atoms. The first-order chi connectivity index (χ1) is 18.2. The third-order valence-electron chi connectivity index (χ3n) is 6.60. The molecule has 0 N–H and O–H groups in total. The Morgan fingerprint density at radius 2 is 1.68 bits per heavy atom. The quantitative estimate of drug-likeness (QED) is 0.345. The summed E-state index contributed by atoms with van der Waals surface area (Å²) in [6.07, 6.45) is 1.88. The summed E-state index contributed by atoms with van der Waals surface area (Å²) >= 11 is 0. The molecule has 0 bridgehead atoms. The summed E-state index contributed by atoms with van der Waals surface area (Å²) in [7, 11) is 1.64. The van der Waals surface area contributed by atoms with Crippen LogP contribution in [0.1, 0.15) is 22.8 Å². The van der Waals surface area contributed by atoms with Gasteiger partial charge in [0.05, 0.1) is 31.5 Å². The number of carbonyl (C=O) groups excluding carboxylic acids is 1. The summed E-state index contributed by atoms with van der Waals surface area (Å²) in [4.78, 5) is 18.0. The van der Waals surface area contributed by atoms with Crippen LogP contribution in [-0.2, 0) is 6.54 Å². The first-order valence-electron chi connectivity index (χ1n) is 12.7. The second kappa shape index (κ2) is 11.2. The fourth-order valence-electron chi connectivity index (χ4n) is 4.73. The Labute approximate surface area is 217 Å². The van der Waals surface area contributed by atoms with Gasteiger partial charge in [-0.05, 0) is 36.8 Å². The number of amides is 1. The first kappa shape index (κ1) is 24.4. The van der Waals surface area contributed by atoms with Gasteiger partial charge in [0.1, 0.15) is 17.2 Å². The van der Waals surface area contributed by atoms with Crippen LogP contribution in [0.2, 0.25) is 0 Å². The normalized spacial score (nSPS) is 13.5. The van der Waals surface area contributed by atoms with Gasteiger partial charge >= 0.3 is 0 Å². The molecule has 1 aromatic heterocycles. The highest BCUT2D eigenvalue weighted by molar-refractivity contribution is 6.00. The Bertz CT molecular complexity index is 1340. The Morgan fingerprint density at radius 3 is 2.43 bits per heavy atom. The molecule has 0 saturated carbocycles. The Morgan fingerprint density at radius 1 is 0.919 bits per heavy atom. The summed E-state index contributed by atoms with van der Waals surface area (Å²) in [5.41, 5.74) is 4.34. The average Bonchev–Trinajstić information content (AvgIpc) is 3.37. The van der Waals surface area contributed by atoms with Crippen molar-refractivity contribution in [2.24, 2.45) is 0 Å². The topological polar surface area (TPSA) is 59.8 Å². The predicted molar refractivity (Wildman–Crippen MR) is 145 cm³/mol. The number of methoxy groups -OCH3 is 1. The molecule has 0 aliphatic carbocycles. The molecule has 4 aromatic rings. The molecule has 7 heteroatoms. The van der Waals surface area contributed by atoms with E-state index in [2.05, 4.69) is 23.1 Å². The van der Waals surface area contributed by atoms with Crippen LogP contribution < -0.4 is 14.4 Å². The summed E-state index contributed by atoms with van der Waals surface area (Å²) in [6, 6.07) is 25.9. The van der Waals surface area contributed by atoms with Crippen LogP contribution in [0.25, 0.3) is 11.3 Å². The maximum atomic E-state index is 13.8. The van der Waals surface area contributed by atoms with E-state index in [-0.39, 0.29) is 5.91 Å². The molecule has 1 amide bonds. The van der Waals surface area contributed by atoms with E-state index >= 15 is 0 Å². The molecular weight excluding hydrogens is 464 g/mol. The van der Waals surface area contributed by atoms with Crippen LogP contribution in [0.3, 0.4) is 0 Å². The summed E-state index contributed by atoms with van der Waals surface area (Å²) in [5.74, 6) is 1.61. The van der Waals surface area contributed by atoms with E-state index in [4.69, 9.17) is 14.6 Å². The lowest BCUT2D eigenvalue weighted by Gasteiger charge is -2.36. The molecule has 1 aliphatic rings. The number of carbonyl (C=O) groups is 1. The van der Waals surface area contributed by atoms with E-state index in [0.29, 0.717) is 37.5 Å². The van der Waals surface area contributed by atoms with Gasteiger partial charge in [0.25, 0.3) is 5.91 Å². The van der Waals surface area contributed by atoms with Gasteiger partial charge < -0.3 is 19.3 Å². The van der Waals surface area contributed by atoms with Gasteiger partial charge in [0.15, 0.2) is 0 Å². The largest absolute Gasteiger partial charge is 0.497 e. The van der Waals surface area contributed by atoms with Crippen molar-refractivity contribution in [3.63, 3.8) is 0 Å². The van der Waals surface area contributed by atoms with Crippen LogP contribution in [0, 0.1) is 0 Å². The van der Waals surface area contributed by atoms with Crippen molar-refractivity contribution in [1.29, 1.82) is 0 Å². The van der Waals surface area contributed by atoms with Crippen LogP contribution in [0.4, 0.5) is 5.69 Å². The second-order valence-electron chi connectivity index (χ2n) is 8.99. The van der Waals surface area contributed by atoms with E-state index < -0.39 is 0 Å². The number of piperazine rings is 1. The standard InChI is InChI=1S/C30H32N4O3/c1-3-37-28-15-8-7-14-27(28)32-16-18-33(19-17-32)30(35)26-22-34(21-23-10-5-4-6-11-23)31-29(26)24-12-9-13-25(20-24)36-2/h4-15,20,22H,3,16-19,21H2,1-2H3. The lowest BCUT2D eigenvalue weighted by Crippen LogP contribution is -2.49. The SMILES string of the molecule is CCOc1ccccc1N1CCN(C(=O)c2cn(Cc3ccccc3)nc2-c2cccc(OC)c2)CC1. The van der Waals surface area contributed by atoms with Crippen LogP contribution >= 0.6 is 0 Å². The smallest absolute Gasteiger partial charge is 0.257 e. The van der Waals surface area contributed by atoms with Gasteiger partial charge in [0, 0.05) is 37.9 Å². The molecule has 7 nitrogen and oxygen atoms in total. The number of rotatable bonds is 8. The molecule has 1 fully saturated rings. The molecule has 3 aromatic carbocycles. The fraction of sp³-hybridized carbons (Fsp3) is 0.267. The van der Waals surface area contributed by atoms with Crippen molar-refractivity contribution >= 4 is 11.6 Å². The highest BCUT2D eigenvalue weighted by atomic mass is 16.5. The molecule has 0 unspecified atom stereocenters. The van der Waals surface area contributed by atoms with Crippen LogP contribution in [0.15, 0.2) is 85.1 Å². The molecule has 1 aliphatic heterocycles. The van der Waals surface area contributed by atoms with E-state index in [9.17, 15) is 4.79 Å². The van der Waals surface area contributed by atoms with Gasteiger partial charge in [-0.2, -0.15) is 5.10 Å². The van der Waals surface area contributed by atoms with Crippen molar-refractivity contribution in [2.45, 2.75) is 13.5 Å². The number of anilines is 1. The lowest BCUT2D eigenvalue weighted by molar-refractivity contribution is 0.0747. The van der Waals surface area contributed by atoms with Gasteiger partial charge in [-0.15, -0.1) is 0 Å². The highest BCUT2D eigenvalue weighted by Gasteiger charge is 2.27. The van der Waals surface area contributed by atoms with E-state index in [0.717, 1.165) is 41.4 Å². The van der Waals surface area contributed by atoms with E-state index in [1.807, 2.05) is 83.4 Å². The maximum Gasteiger partial charge on any atom is 0.257 e. The Kier molecular flexibility index (Phi) is 7.40. The zero-order chi connectivity index (χ0) is 25.6. The predicted octanol–water partition coefficient (Wildman–Crippen LogP) is 4.97. The molecule has 2 heterocycles. The number of para-hydroxylation sites is 2. The van der Waals surface area contributed by atoms with Gasteiger partial charge in [0.2, 0.25) is 0 Å². The number of ether oxygens (including phenoxy) is 2. The molecule has 0 atom stereocenters. The van der Waals surface area contributed by atoms with Gasteiger partial charge in [-0.1, -0.05) is 54.6 Å². The van der Waals surface area contributed by atoms with Crippen LogP contribution in [0.5, 0.6) is 11.5 Å². The van der Waals surface area contributed by atoms with Gasteiger partial charge in [-0.3, -0.25) is 9.48 Å². The minimum Gasteiger partial charge on any atom is -0.497 e. The third kappa shape index (κ3) is 5.45. The molecule has 0 radical (unpaired) electrons. The molecular formula is C30H32N4O3. The minimum atomic E-state index is -0.00475. The summed E-state index contributed by atoms with van der Waals surface area (Å²) in [5, 5.41) is 4.85. The molecule has 0 spiro atoms. The van der Waals surface area contributed by atoms with E-state index in [1.165, 1.54) is 0 Å². The number of benzene rings is 3. The average molecular weight is 497 g/mol. The molecule has 5 rings (SSSR count). The summed E-state index contributed by atoms with van der Waals surface area (Å²) < 4.78 is 13.1. The van der Waals surface area contributed by atoms with Crippen molar-refractivity contribution in [2.75, 3.05) is 44.8 Å². The monoisotopic (exact) mass is 496 g/mol. The number of aromatic nitrogens is 2. The minimum absolute atomic E-state index is 0.00475. The zero-order valence-corrected chi connectivity index (χ0v) is 21.3. The summed E-state index contributed by atoms with van der Waals surface area (Å²) in [6.45, 7) is 5.93. The van der Waals surface area contributed by atoms with E-state index in [1.54, 1.807) is 7.11 Å². The number of nitrogens with zero attached hydrogens (tertiary/aromatic N) is 4. The Balaban J connectivity index is 1.39. The fourth-order valence-corrected chi connectivity index (χ4v) is 4.73. The van der Waals surface area contributed by atoms with Crippen molar-refractivity contribution in [3.05, 3.63) is 96.2 Å². The molecule has 1 saturated heterocycles. The first-order valence-corrected chi connectivity index (χ1v) is 12.7. The second-order valence-corrected chi connectivity index (χ2v) is 8.99. The van der Waals surface area contributed by atoms with Crippen molar-refractivity contribution in [3.8, 4) is 22.8 Å². The van der Waals surface area contributed by atoms with Crippen LogP contribution in [-0.4, -0.2) is 60.5 Å². The maximum absolute atomic E-state index is 13.8. The zero-order valence-electron chi connectivity index (χ0n) is 21.3. The van der Waals surface area contributed by atoms with Crippen molar-refractivity contribution < 1.29 is 14.3 Å². The third-order valence-corrected chi connectivity index (χ3v) is 6.60.